The van der Waals surface area contributed by atoms with Crippen molar-refractivity contribution < 1.29 is 14.3 Å². The molecule has 1 aliphatic carbocycles. The van der Waals surface area contributed by atoms with Crippen molar-refractivity contribution in [3.05, 3.63) is 18.2 Å². The molecule has 1 saturated carbocycles. The van der Waals surface area contributed by atoms with Gasteiger partial charge in [-0.25, -0.2) is 4.99 Å². The van der Waals surface area contributed by atoms with Crippen LogP contribution in [-0.2, 0) is 4.79 Å². The number of nitrogens with one attached hydrogen (secondary N) is 2. The summed E-state index contributed by atoms with van der Waals surface area (Å²) in [6.45, 7) is 0.0995. The van der Waals surface area contributed by atoms with Crippen molar-refractivity contribution in [1.29, 1.82) is 0 Å². The van der Waals surface area contributed by atoms with Gasteiger partial charge in [-0.1, -0.05) is 12.8 Å². The molecule has 0 unspecified atom stereocenters. The average Bonchev–Trinajstić information content (AvgIpc) is 3.12. The molecule has 7 heteroatoms. The van der Waals surface area contributed by atoms with E-state index in [4.69, 9.17) is 9.47 Å². The third-order valence-electron chi connectivity index (χ3n) is 4.21. The number of carbonyl (C=O) groups is 1. The number of rotatable bonds is 6. The van der Waals surface area contributed by atoms with E-state index in [9.17, 15) is 4.79 Å². The molecule has 7 nitrogen and oxygen atoms in total. The summed E-state index contributed by atoms with van der Waals surface area (Å²) in [6.07, 6.45) is 4.68. The van der Waals surface area contributed by atoms with Crippen molar-refractivity contribution >= 4 is 17.6 Å². The van der Waals surface area contributed by atoms with Gasteiger partial charge in [0.1, 0.15) is 6.54 Å². The van der Waals surface area contributed by atoms with Crippen LogP contribution in [0.25, 0.3) is 0 Å². The number of anilines is 1. The number of ether oxygens (including phenoxy) is 2. The van der Waals surface area contributed by atoms with Gasteiger partial charge in [-0.05, 0) is 25.0 Å². The topological polar surface area (TPSA) is 75.2 Å². The highest BCUT2D eigenvalue weighted by Crippen LogP contribution is 2.29. The Labute approximate surface area is 149 Å². The number of carbonyl (C=O) groups excluding carboxylic acids is 1. The van der Waals surface area contributed by atoms with Gasteiger partial charge in [0, 0.05) is 31.9 Å². The number of amides is 1. The zero-order chi connectivity index (χ0) is 18.2. The molecule has 2 N–H and O–H groups in total. The predicted octanol–water partition coefficient (Wildman–Crippen LogP) is 2.09. The lowest BCUT2D eigenvalue weighted by Crippen LogP contribution is -2.38. The molecule has 1 fully saturated rings. The van der Waals surface area contributed by atoms with E-state index in [1.165, 1.54) is 17.7 Å². The summed E-state index contributed by atoms with van der Waals surface area (Å²) in [5.41, 5.74) is 0.819. The predicted molar refractivity (Wildman–Crippen MR) is 99.6 cm³/mol. The van der Waals surface area contributed by atoms with Crippen LogP contribution in [0.15, 0.2) is 23.2 Å². The molecular formula is C18H28N4O3. The minimum absolute atomic E-state index is 0.0418. The second kappa shape index (κ2) is 9.15. The second-order valence-electron chi connectivity index (χ2n) is 6.27. The third kappa shape index (κ3) is 5.55. The Kier molecular flexibility index (Phi) is 6.91. The highest BCUT2D eigenvalue weighted by molar-refractivity contribution is 5.95. The number of hydrogen-bond acceptors (Lipinski definition) is 4. The summed E-state index contributed by atoms with van der Waals surface area (Å²) in [7, 11) is 6.66. The van der Waals surface area contributed by atoms with Crippen LogP contribution in [0.4, 0.5) is 5.69 Å². The fourth-order valence-electron chi connectivity index (χ4n) is 2.72. The van der Waals surface area contributed by atoms with E-state index in [0.717, 1.165) is 18.5 Å². The van der Waals surface area contributed by atoms with Crippen LogP contribution >= 0.6 is 0 Å². The normalized spacial score (nSPS) is 15.0. The van der Waals surface area contributed by atoms with Gasteiger partial charge >= 0.3 is 0 Å². The summed E-state index contributed by atoms with van der Waals surface area (Å²) in [4.78, 5) is 17.8. The summed E-state index contributed by atoms with van der Waals surface area (Å²) in [6, 6.07) is 5.96. The Bertz CT molecular complexity index is 610. The Balaban J connectivity index is 2.13. The Morgan fingerprint density at radius 2 is 1.88 bits per heavy atom. The van der Waals surface area contributed by atoms with Gasteiger partial charge in [0.25, 0.3) is 0 Å². The second-order valence-corrected chi connectivity index (χ2v) is 6.27. The van der Waals surface area contributed by atoms with Crippen molar-refractivity contribution in [1.82, 2.24) is 10.2 Å². The molecule has 0 aromatic heterocycles. The van der Waals surface area contributed by atoms with E-state index in [-0.39, 0.29) is 12.5 Å². The van der Waals surface area contributed by atoms with Gasteiger partial charge in [0.2, 0.25) is 5.91 Å². The summed E-state index contributed by atoms with van der Waals surface area (Å²) in [5, 5.41) is 6.68. The molecule has 1 aromatic rings. The fraction of sp³-hybridized carbons (Fsp3) is 0.556. The molecular weight excluding hydrogens is 320 g/mol. The smallest absolute Gasteiger partial charge is 0.243 e. The Hall–Kier alpha value is -2.44. The maximum Gasteiger partial charge on any atom is 0.243 e. The first kappa shape index (κ1) is 18.9. The summed E-state index contributed by atoms with van der Waals surface area (Å²) >= 11 is 0. The minimum Gasteiger partial charge on any atom is -0.493 e. The minimum atomic E-state index is -0.0418. The molecule has 0 aliphatic heterocycles. The van der Waals surface area contributed by atoms with Gasteiger partial charge in [-0.3, -0.25) is 4.79 Å². The van der Waals surface area contributed by atoms with Crippen LogP contribution in [-0.4, -0.2) is 57.7 Å². The number of guanidine groups is 1. The maximum atomic E-state index is 11.8. The number of methoxy groups -OCH3 is 2. The number of benzene rings is 1. The van der Waals surface area contributed by atoms with Gasteiger partial charge < -0.3 is 25.0 Å². The largest absolute Gasteiger partial charge is 0.493 e. The van der Waals surface area contributed by atoms with Crippen LogP contribution in [0.3, 0.4) is 0 Å². The highest BCUT2D eigenvalue weighted by atomic mass is 16.5. The van der Waals surface area contributed by atoms with E-state index in [2.05, 4.69) is 15.6 Å². The molecule has 0 spiro atoms. The molecule has 0 bridgehead atoms. The molecule has 0 saturated heterocycles. The lowest BCUT2D eigenvalue weighted by molar-refractivity contribution is -0.127. The van der Waals surface area contributed by atoms with Crippen molar-refractivity contribution in [2.45, 2.75) is 31.7 Å². The molecule has 1 amide bonds. The van der Waals surface area contributed by atoms with Crippen LogP contribution in [0, 0.1) is 0 Å². The first-order valence-electron chi connectivity index (χ1n) is 8.53. The number of aliphatic imine (C=N–C) groups is 1. The lowest BCUT2D eigenvalue weighted by Gasteiger charge is -2.18. The first-order chi connectivity index (χ1) is 12.0. The van der Waals surface area contributed by atoms with Crippen LogP contribution in [0.2, 0.25) is 0 Å². The fourth-order valence-corrected chi connectivity index (χ4v) is 2.72. The summed E-state index contributed by atoms with van der Waals surface area (Å²) < 4.78 is 10.6. The van der Waals surface area contributed by atoms with Crippen molar-refractivity contribution in [2.24, 2.45) is 4.99 Å². The van der Waals surface area contributed by atoms with Gasteiger partial charge in [0.15, 0.2) is 17.5 Å². The van der Waals surface area contributed by atoms with Gasteiger partial charge in [0.05, 0.1) is 14.2 Å². The van der Waals surface area contributed by atoms with Crippen LogP contribution in [0.5, 0.6) is 11.5 Å². The number of nitrogens with zero attached hydrogens (tertiary/aromatic N) is 2. The molecule has 2 rings (SSSR count). The number of hydrogen-bond donors (Lipinski definition) is 2. The van der Waals surface area contributed by atoms with Gasteiger partial charge in [-0.2, -0.15) is 0 Å². The monoisotopic (exact) mass is 348 g/mol. The van der Waals surface area contributed by atoms with Crippen molar-refractivity contribution in [3.63, 3.8) is 0 Å². The zero-order valence-corrected chi connectivity index (χ0v) is 15.5. The van der Waals surface area contributed by atoms with Crippen LogP contribution < -0.4 is 20.1 Å². The summed E-state index contributed by atoms with van der Waals surface area (Å²) in [5.74, 6) is 1.87. The quantitative estimate of drug-likeness (QED) is 0.608. The van der Waals surface area contributed by atoms with Gasteiger partial charge in [-0.15, -0.1) is 0 Å². The molecule has 1 aliphatic rings. The van der Waals surface area contributed by atoms with Crippen molar-refractivity contribution in [2.75, 3.05) is 40.2 Å². The zero-order valence-electron chi connectivity index (χ0n) is 15.5. The molecule has 1 aromatic carbocycles. The molecule has 0 heterocycles. The van der Waals surface area contributed by atoms with E-state index in [1.54, 1.807) is 28.3 Å². The molecule has 0 atom stereocenters. The Morgan fingerprint density at radius 3 is 2.48 bits per heavy atom. The number of likely N-dealkylation sites (N-methyl/N-ethyl adjacent to an activating group) is 1. The van der Waals surface area contributed by atoms with E-state index < -0.39 is 0 Å². The maximum absolute atomic E-state index is 11.8. The highest BCUT2D eigenvalue weighted by Gasteiger charge is 2.17. The molecule has 0 radical (unpaired) electrons. The molecule has 25 heavy (non-hydrogen) atoms. The Morgan fingerprint density at radius 1 is 1.20 bits per heavy atom. The lowest BCUT2D eigenvalue weighted by atomic mass is 10.2. The molecule has 138 valence electrons. The van der Waals surface area contributed by atoms with E-state index >= 15 is 0 Å². The first-order valence-corrected chi connectivity index (χ1v) is 8.53. The SMILES string of the molecule is COc1ccc(NC(=NCC(=O)N(C)C)NC2CCCC2)cc1OC. The van der Waals surface area contributed by atoms with Crippen LogP contribution in [0.1, 0.15) is 25.7 Å². The average molecular weight is 348 g/mol. The third-order valence-corrected chi connectivity index (χ3v) is 4.21. The van der Waals surface area contributed by atoms with Crippen molar-refractivity contribution in [3.8, 4) is 11.5 Å². The standard InChI is InChI=1S/C18H28N4O3/c1-22(2)17(23)12-19-18(20-13-7-5-6-8-13)21-14-9-10-15(24-3)16(11-14)25-4/h9-11,13H,5-8,12H2,1-4H3,(H2,19,20,21). The van der Waals surface area contributed by atoms with E-state index in [1.807, 2.05) is 18.2 Å². The van der Waals surface area contributed by atoms with E-state index in [0.29, 0.717) is 23.5 Å².